The summed E-state index contributed by atoms with van der Waals surface area (Å²) in [4.78, 5) is 13.7. The summed E-state index contributed by atoms with van der Waals surface area (Å²) in [6.07, 6.45) is 0. The van der Waals surface area contributed by atoms with Gasteiger partial charge in [0.05, 0.1) is 12.6 Å². The number of carbonyl (C=O) groups is 1. The number of amides is 1. The molecule has 0 aliphatic rings. The number of thioether (sulfide) groups is 1. The summed E-state index contributed by atoms with van der Waals surface area (Å²) in [6.45, 7) is 6.35. The molecule has 0 fully saturated rings. The van der Waals surface area contributed by atoms with E-state index < -0.39 is 0 Å². The van der Waals surface area contributed by atoms with Crippen molar-refractivity contribution in [1.29, 1.82) is 0 Å². The third kappa shape index (κ3) is 5.15. The van der Waals surface area contributed by atoms with Gasteiger partial charge in [-0.3, -0.25) is 4.79 Å². The maximum atomic E-state index is 12.5. The lowest BCUT2D eigenvalue weighted by Crippen LogP contribution is -2.39. The quantitative estimate of drug-likeness (QED) is 0.578. The van der Waals surface area contributed by atoms with Crippen LogP contribution in [0, 0.1) is 0 Å². The molecule has 0 saturated heterocycles. The van der Waals surface area contributed by atoms with Crippen LogP contribution in [0.3, 0.4) is 0 Å². The molecule has 0 aromatic heterocycles. The zero-order valence-corrected chi connectivity index (χ0v) is 17.4. The minimum Gasteiger partial charge on any atom is -0.394 e. The second-order valence-electron chi connectivity index (χ2n) is 8.00. The van der Waals surface area contributed by atoms with Crippen molar-refractivity contribution in [2.75, 3.05) is 12.4 Å². The Balaban J connectivity index is 1.60. The van der Waals surface area contributed by atoms with Crippen molar-refractivity contribution in [3.8, 4) is 0 Å². The van der Waals surface area contributed by atoms with Crippen LogP contribution in [0.5, 0.6) is 0 Å². The van der Waals surface area contributed by atoms with E-state index in [0.717, 1.165) is 4.90 Å². The molecule has 28 heavy (non-hydrogen) atoms. The van der Waals surface area contributed by atoms with E-state index in [1.807, 2.05) is 36.4 Å². The van der Waals surface area contributed by atoms with Gasteiger partial charge in [-0.25, -0.2) is 0 Å². The summed E-state index contributed by atoms with van der Waals surface area (Å²) in [5.74, 6) is 0.458. The molecule has 2 N–H and O–H groups in total. The van der Waals surface area contributed by atoms with Crippen LogP contribution in [0.15, 0.2) is 71.6 Å². The van der Waals surface area contributed by atoms with Gasteiger partial charge in [0, 0.05) is 16.2 Å². The highest BCUT2D eigenvalue weighted by Crippen LogP contribution is 2.25. The summed E-state index contributed by atoms with van der Waals surface area (Å²) in [5, 5.41) is 15.0. The van der Waals surface area contributed by atoms with Crippen molar-refractivity contribution < 1.29 is 9.90 Å². The first-order valence-electron chi connectivity index (χ1n) is 9.51. The van der Waals surface area contributed by atoms with Crippen LogP contribution in [0.25, 0.3) is 10.8 Å². The summed E-state index contributed by atoms with van der Waals surface area (Å²) in [7, 11) is 0. The van der Waals surface area contributed by atoms with E-state index in [1.54, 1.807) is 11.8 Å². The third-order valence-corrected chi connectivity index (χ3v) is 5.90. The van der Waals surface area contributed by atoms with Crippen LogP contribution in [0.4, 0.5) is 0 Å². The molecule has 0 heterocycles. The number of benzene rings is 3. The monoisotopic (exact) mass is 393 g/mol. The van der Waals surface area contributed by atoms with Gasteiger partial charge >= 0.3 is 0 Å². The molecule has 0 saturated carbocycles. The van der Waals surface area contributed by atoms with Gasteiger partial charge < -0.3 is 10.4 Å². The summed E-state index contributed by atoms with van der Waals surface area (Å²) >= 11 is 1.64. The number of fused-ring (bicyclic) bond motifs is 1. The van der Waals surface area contributed by atoms with Gasteiger partial charge in [0.25, 0.3) is 5.91 Å². The Labute approximate surface area is 171 Å². The average molecular weight is 394 g/mol. The van der Waals surface area contributed by atoms with Gasteiger partial charge in [-0.05, 0) is 46.0 Å². The largest absolute Gasteiger partial charge is 0.394 e. The predicted molar refractivity (Wildman–Crippen MR) is 118 cm³/mol. The molecule has 3 rings (SSSR count). The fourth-order valence-electron chi connectivity index (χ4n) is 2.98. The number of aliphatic hydroxyl groups is 1. The number of hydrogen-bond donors (Lipinski definition) is 2. The second-order valence-corrected chi connectivity index (χ2v) is 9.09. The molecule has 3 nitrogen and oxygen atoms in total. The van der Waals surface area contributed by atoms with Gasteiger partial charge in [-0.1, -0.05) is 63.2 Å². The van der Waals surface area contributed by atoms with Crippen LogP contribution < -0.4 is 5.32 Å². The van der Waals surface area contributed by atoms with Crippen molar-refractivity contribution in [2.45, 2.75) is 37.1 Å². The first kappa shape index (κ1) is 20.4. The first-order valence-corrected chi connectivity index (χ1v) is 10.5. The lowest BCUT2D eigenvalue weighted by atomic mass is 9.86. The van der Waals surface area contributed by atoms with Gasteiger partial charge in [-0.2, -0.15) is 0 Å². The van der Waals surface area contributed by atoms with Crippen LogP contribution in [-0.2, 0) is 5.41 Å². The molecule has 0 aliphatic heterocycles. The van der Waals surface area contributed by atoms with Crippen LogP contribution >= 0.6 is 11.8 Å². The van der Waals surface area contributed by atoms with Gasteiger partial charge in [0.2, 0.25) is 0 Å². The number of rotatable bonds is 6. The zero-order valence-electron chi connectivity index (χ0n) is 16.6. The smallest absolute Gasteiger partial charge is 0.251 e. The number of carbonyl (C=O) groups excluding carboxylic acids is 1. The summed E-state index contributed by atoms with van der Waals surface area (Å²) in [6, 6.07) is 21.9. The van der Waals surface area contributed by atoms with E-state index in [2.05, 4.69) is 56.4 Å². The molecule has 3 aromatic carbocycles. The van der Waals surface area contributed by atoms with Gasteiger partial charge in [0.15, 0.2) is 0 Å². The Morgan fingerprint density at radius 1 is 1.00 bits per heavy atom. The molecule has 4 heteroatoms. The van der Waals surface area contributed by atoms with E-state index in [4.69, 9.17) is 0 Å². The second kappa shape index (κ2) is 8.80. The number of hydrogen-bond acceptors (Lipinski definition) is 3. The fraction of sp³-hybridized carbons (Fsp3) is 0.292. The Morgan fingerprint density at radius 2 is 1.68 bits per heavy atom. The minimum absolute atomic E-state index is 0.0547. The van der Waals surface area contributed by atoms with E-state index in [9.17, 15) is 9.90 Å². The minimum atomic E-state index is -0.300. The zero-order chi connectivity index (χ0) is 20.1. The third-order valence-electron chi connectivity index (χ3n) is 4.74. The van der Waals surface area contributed by atoms with E-state index in [1.165, 1.54) is 16.3 Å². The lowest BCUT2D eigenvalue weighted by Gasteiger charge is -2.20. The van der Waals surface area contributed by atoms with Crippen molar-refractivity contribution in [1.82, 2.24) is 5.32 Å². The number of nitrogens with one attached hydrogen (secondary N) is 1. The SMILES string of the molecule is CC(C)(C)c1ccc(C(=O)N[C@@H](CO)CSc2ccc3ccccc3c2)cc1. The molecule has 0 unspecified atom stereocenters. The molecule has 0 radical (unpaired) electrons. The molecule has 1 atom stereocenters. The topological polar surface area (TPSA) is 49.3 Å². The molecule has 0 spiro atoms. The maximum Gasteiger partial charge on any atom is 0.251 e. The van der Waals surface area contributed by atoms with Crippen LogP contribution in [0.1, 0.15) is 36.7 Å². The predicted octanol–water partition coefficient (Wildman–Crippen LogP) is 5.02. The Hall–Kier alpha value is -2.30. The highest BCUT2D eigenvalue weighted by molar-refractivity contribution is 7.99. The van der Waals surface area contributed by atoms with E-state index in [0.29, 0.717) is 11.3 Å². The van der Waals surface area contributed by atoms with Crippen LogP contribution in [-0.4, -0.2) is 29.4 Å². The fourth-order valence-corrected chi connectivity index (χ4v) is 3.94. The number of aliphatic hydroxyl groups excluding tert-OH is 1. The summed E-state index contributed by atoms with van der Waals surface area (Å²) < 4.78 is 0. The average Bonchev–Trinajstić information content (AvgIpc) is 2.70. The Morgan fingerprint density at radius 3 is 2.32 bits per heavy atom. The molecular formula is C24H27NO2S. The Bertz CT molecular complexity index is 945. The first-order chi connectivity index (χ1) is 13.4. The Kier molecular flexibility index (Phi) is 6.42. The van der Waals surface area contributed by atoms with E-state index in [-0.39, 0.29) is 24.0 Å². The molecule has 1 amide bonds. The maximum absolute atomic E-state index is 12.5. The standard InChI is InChI=1S/C24H27NO2S/c1-24(2,3)20-11-8-18(9-12-20)23(27)25-21(15-26)16-28-22-13-10-17-6-4-5-7-19(17)14-22/h4-14,21,26H,15-16H2,1-3H3,(H,25,27)/t21-/m0/s1. The van der Waals surface area contributed by atoms with E-state index >= 15 is 0 Å². The highest BCUT2D eigenvalue weighted by atomic mass is 32.2. The van der Waals surface area contributed by atoms with Crippen molar-refractivity contribution in [2.24, 2.45) is 0 Å². The van der Waals surface area contributed by atoms with Gasteiger partial charge in [-0.15, -0.1) is 11.8 Å². The molecule has 146 valence electrons. The molecule has 0 bridgehead atoms. The van der Waals surface area contributed by atoms with Gasteiger partial charge in [0.1, 0.15) is 0 Å². The van der Waals surface area contributed by atoms with Crippen molar-refractivity contribution >= 4 is 28.4 Å². The molecule has 0 aliphatic carbocycles. The van der Waals surface area contributed by atoms with Crippen molar-refractivity contribution in [3.05, 3.63) is 77.9 Å². The van der Waals surface area contributed by atoms with Crippen molar-refractivity contribution in [3.63, 3.8) is 0 Å². The normalized spacial score (nSPS) is 12.7. The summed E-state index contributed by atoms with van der Waals surface area (Å²) in [5.41, 5.74) is 1.86. The molecular weight excluding hydrogens is 366 g/mol. The van der Waals surface area contributed by atoms with Crippen LogP contribution in [0.2, 0.25) is 0 Å². The highest BCUT2D eigenvalue weighted by Gasteiger charge is 2.16. The lowest BCUT2D eigenvalue weighted by molar-refractivity contribution is 0.0923. The molecule has 3 aromatic rings.